The molecule has 0 spiro atoms. The van der Waals surface area contributed by atoms with Crippen molar-refractivity contribution in [1.82, 2.24) is 9.62 Å². The Labute approximate surface area is 165 Å². The summed E-state index contributed by atoms with van der Waals surface area (Å²) in [5.74, 6) is -0.648. The molecule has 2 aromatic carbocycles. The number of carbonyl (C=O) groups excluding carboxylic acids is 1. The van der Waals surface area contributed by atoms with Crippen molar-refractivity contribution in [2.75, 3.05) is 0 Å². The second-order valence-electron chi connectivity index (χ2n) is 8.14. The third-order valence-corrected chi connectivity index (χ3v) is 6.13. The average molecular weight is 405 g/mol. The van der Waals surface area contributed by atoms with E-state index in [1.54, 1.807) is 56.0 Å². The lowest BCUT2D eigenvalue weighted by Gasteiger charge is -2.24. The van der Waals surface area contributed by atoms with E-state index in [1.165, 1.54) is 18.2 Å². The number of halogens is 1. The smallest absolute Gasteiger partial charge is 0.254 e. The summed E-state index contributed by atoms with van der Waals surface area (Å²) in [4.78, 5) is 14.8. The predicted octanol–water partition coefficient (Wildman–Crippen LogP) is 3.71. The number of rotatable bonds is 6. The van der Waals surface area contributed by atoms with Crippen LogP contribution in [0.2, 0.25) is 0 Å². The zero-order chi connectivity index (χ0) is 20.5. The molecule has 1 aliphatic carbocycles. The summed E-state index contributed by atoms with van der Waals surface area (Å²) in [5, 5.41) is 0. The minimum atomic E-state index is -3.75. The third kappa shape index (κ3) is 4.97. The molecule has 0 aromatic heterocycles. The number of sulfonamides is 1. The summed E-state index contributed by atoms with van der Waals surface area (Å²) >= 11 is 0. The Hall–Kier alpha value is -2.25. The molecule has 0 unspecified atom stereocenters. The van der Waals surface area contributed by atoms with Gasteiger partial charge in [0.25, 0.3) is 5.91 Å². The maximum absolute atomic E-state index is 14.1. The molecule has 1 saturated carbocycles. The molecule has 1 N–H and O–H groups in total. The number of hydrogen-bond acceptors (Lipinski definition) is 3. The first-order valence-corrected chi connectivity index (χ1v) is 10.7. The molecule has 1 amide bonds. The topological polar surface area (TPSA) is 66.5 Å². The number of carbonyl (C=O) groups is 1. The molecule has 0 heterocycles. The van der Waals surface area contributed by atoms with Crippen LogP contribution in [0.15, 0.2) is 53.4 Å². The number of benzene rings is 2. The summed E-state index contributed by atoms with van der Waals surface area (Å²) in [6.07, 6.45) is 1.73. The maximum Gasteiger partial charge on any atom is 0.254 e. The van der Waals surface area contributed by atoms with Crippen LogP contribution in [0.4, 0.5) is 4.39 Å². The number of nitrogens with one attached hydrogen (secondary N) is 1. The van der Waals surface area contributed by atoms with Gasteiger partial charge in [-0.2, -0.15) is 0 Å². The number of nitrogens with zero attached hydrogens (tertiary/aromatic N) is 1. The fourth-order valence-electron chi connectivity index (χ4n) is 2.99. The Morgan fingerprint density at radius 2 is 1.82 bits per heavy atom. The Kier molecular flexibility index (Phi) is 5.59. The maximum atomic E-state index is 14.1. The average Bonchev–Trinajstić information content (AvgIpc) is 3.43. The first kappa shape index (κ1) is 20.5. The minimum absolute atomic E-state index is 0.0370. The van der Waals surface area contributed by atoms with Gasteiger partial charge in [0, 0.05) is 29.3 Å². The number of hydrogen-bond donors (Lipinski definition) is 1. The molecule has 2 aromatic rings. The van der Waals surface area contributed by atoms with E-state index in [-0.39, 0.29) is 34.8 Å². The zero-order valence-electron chi connectivity index (χ0n) is 16.3. The fourth-order valence-corrected chi connectivity index (χ4v) is 4.45. The summed E-state index contributed by atoms with van der Waals surface area (Å²) < 4.78 is 41.8. The van der Waals surface area contributed by atoms with Gasteiger partial charge in [-0.3, -0.25) is 4.79 Å². The standard InChI is InChI=1S/C21H25FN2O3S/c1-21(2,3)23-28(26,27)18-9-6-8-15(13-18)20(25)24(17-11-12-17)14-16-7-4-5-10-19(16)22/h4-10,13,17,23H,11-12,14H2,1-3H3. The van der Waals surface area contributed by atoms with Crippen LogP contribution in [0.5, 0.6) is 0 Å². The quantitative estimate of drug-likeness (QED) is 0.798. The SMILES string of the molecule is CC(C)(C)NS(=O)(=O)c1cccc(C(=O)N(Cc2ccccc2F)C2CC2)c1. The highest BCUT2D eigenvalue weighted by atomic mass is 32.2. The van der Waals surface area contributed by atoms with Gasteiger partial charge in [-0.1, -0.05) is 24.3 Å². The van der Waals surface area contributed by atoms with Crippen molar-refractivity contribution in [1.29, 1.82) is 0 Å². The van der Waals surface area contributed by atoms with Gasteiger partial charge in [0.2, 0.25) is 10.0 Å². The van der Waals surface area contributed by atoms with E-state index in [1.807, 2.05) is 0 Å². The molecule has 3 rings (SSSR count). The van der Waals surface area contributed by atoms with Crippen LogP contribution in [0.1, 0.15) is 49.5 Å². The van der Waals surface area contributed by atoms with Crippen molar-refractivity contribution in [3.63, 3.8) is 0 Å². The van der Waals surface area contributed by atoms with Gasteiger partial charge in [0.1, 0.15) is 5.82 Å². The van der Waals surface area contributed by atoms with Crippen molar-refractivity contribution in [2.45, 2.75) is 56.6 Å². The van der Waals surface area contributed by atoms with E-state index in [2.05, 4.69) is 4.72 Å². The highest BCUT2D eigenvalue weighted by Gasteiger charge is 2.34. The molecule has 0 atom stereocenters. The van der Waals surface area contributed by atoms with Crippen molar-refractivity contribution in [3.8, 4) is 0 Å². The van der Waals surface area contributed by atoms with Crippen LogP contribution < -0.4 is 4.72 Å². The van der Waals surface area contributed by atoms with E-state index in [9.17, 15) is 17.6 Å². The van der Waals surface area contributed by atoms with E-state index >= 15 is 0 Å². The fraction of sp³-hybridized carbons (Fsp3) is 0.381. The second-order valence-corrected chi connectivity index (χ2v) is 9.82. The first-order chi connectivity index (χ1) is 13.1. The molecular weight excluding hydrogens is 379 g/mol. The van der Waals surface area contributed by atoms with Crippen molar-refractivity contribution >= 4 is 15.9 Å². The van der Waals surface area contributed by atoms with Gasteiger partial charge in [-0.15, -0.1) is 0 Å². The van der Waals surface area contributed by atoms with Gasteiger partial charge in [-0.05, 0) is 57.9 Å². The van der Waals surface area contributed by atoms with Crippen molar-refractivity contribution in [2.24, 2.45) is 0 Å². The van der Waals surface area contributed by atoms with Crippen LogP contribution in [-0.2, 0) is 16.6 Å². The van der Waals surface area contributed by atoms with E-state index in [0.717, 1.165) is 12.8 Å². The molecular formula is C21H25FN2O3S. The molecule has 0 aliphatic heterocycles. The molecule has 0 radical (unpaired) electrons. The molecule has 5 nitrogen and oxygen atoms in total. The largest absolute Gasteiger partial charge is 0.331 e. The van der Waals surface area contributed by atoms with Crippen LogP contribution in [0.25, 0.3) is 0 Å². The van der Waals surface area contributed by atoms with E-state index < -0.39 is 15.6 Å². The Morgan fingerprint density at radius 3 is 2.43 bits per heavy atom. The van der Waals surface area contributed by atoms with E-state index in [4.69, 9.17) is 0 Å². The normalized spacial score (nSPS) is 14.7. The highest BCUT2D eigenvalue weighted by molar-refractivity contribution is 7.89. The molecule has 1 aliphatic rings. The van der Waals surface area contributed by atoms with Crippen LogP contribution in [0, 0.1) is 5.82 Å². The Morgan fingerprint density at radius 1 is 1.14 bits per heavy atom. The lowest BCUT2D eigenvalue weighted by atomic mass is 10.1. The second kappa shape index (κ2) is 7.64. The van der Waals surface area contributed by atoms with Crippen LogP contribution >= 0.6 is 0 Å². The first-order valence-electron chi connectivity index (χ1n) is 9.25. The Bertz CT molecular complexity index is 979. The zero-order valence-corrected chi connectivity index (χ0v) is 17.1. The van der Waals surface area contributed by atoms with E-state index in [0.29, 0.717) is 5.56 Å². The van der Waals surface area contributed by atoms with Crippen molar-refractivity contribution < 1.29 is 17.6 Å². The minimum Gasteiger partial charge on any atom is -0.331 e. The third-order valence-electron chi connectivity index (χ3n) is 4.38. The van der Waals surface area contributed by atoms with Crippen molar-refractivity contribution in [3.05, 3.63) is 65.5 Å². The predicted molar refractivity (Wildman–Crippen MR) is 106 cm³/mol. The summed E-state index contributed by atoms with van der Waals surface area (Å²) in [6.45, 7) is 5.42. The van der Waals surface area contributed by atoms with Gasteiger partial charge in [0.05, 0.1) is 4.90 Å². The Balaban J connectivity index is 1.87. The lowest BCUT2D eigenvalue weighted by molar-refractivity contribution is 0.0728. The van der Waals surface area contributed by atoms with Gasteiger partial charge in [0.15, 0.2) is 0 Å². The summed E-state index contributed by atoms with van der Waals surface area (Å²) in [5.41, 5.74) is 0.0879. The number of amides is 1. The molecule has 150 valence electrons. The molecule has 7 heteroatoms. The molecule has 0 bridgehead atoms. The van der Waals surface area contributed by atoms with Gasteiger partial charge >= 0.3 is 0 Å². The molecule has 1 fully saturated rings. The summed E-state index contributed by atoms with van der Waals surface area (Å²) in [7, 11) is -3.75. The summed E-state index contributed by atoms with van der Waals surface area (Å²) in [6, 6.07) is 12.4. The van der Waals surface area contributed by atoms with Gasteiger partial charge < -0.3 is 4.90 Å². The van der Waals surface area contributed by atoms with Gasteiger partial charge in [-0.25, -0.2) is 17.5 Å². The monoisotopic (exact) mass is 404 g/mol. The highest BCUT2D eigenvalue weighted by Crippen LogP contribution is 2.30. The van der Waals surface area contributed by atoms with Crippen LogP contribution in [-0.4, -0.2) is 30.8 Å². The lowest BCUT2D eigenvalue weighted by Crippen LogP contribution is -2.40. The molecule has 0 saturated heterocycles. The van der Waals surface area contributed by atoms with Crippen LogP contribution in [0.3, 0.4) is 0 Å². The molecule has 28 heavy (non-hydrogen) atoms.